The first-order chi connectivity index (χ1) is 13.5. The largest absolute Gasteiger partial charge is 0.343 e. The van der Waals surface area contributed by atoms with Gasteiger partial charge in [-0.1, -0.05) is 30.3 Å². The van der Waals surface area contributed by atoms with Crippen LogP contribution in [0, 0.1) is 17.7 Å². The van der Waals surface area contributed by atoms with Crippen LogP contribution in [0.2, 0.25) is 0 Å². The number of benzene rings is 2. The highest BCUT2D eigenvalue weighted by molar-refractivity contribution is 5.96. The molecule has 0 aliphatic carbocycles. The van der Waals surface area contributed by atoms with Gasteiger partial charge in [0.05, 0.1) is 6.54 Å². The van der Waals surface area contributed by atoms with Crippen LogP contribution in [0.4, 0.5) is 4.39 Å². The van der Waals surface area contributed by atoms with E-state index >= 15 is 0 Å². The maximum atomic E-state index is 13.7. The number of rotatable bonds is 4. The molecule has 2 aliphatic heterocycles. The van der Waals surface area contributed by atoms with Gasteiger partial charge >= 0.3 is 0 Å². The molecule has 2 aromatic carbocycles. The summed E-state index contributed by atoms with van der Waals surface area (Å²) in [6, 6.07) is 15.7. The van der Waals surface area contributed by atoms with Crippen LogP contribution in [0.15, 0.2) is 54.6 Å². The smallest absolute Gasteiger partial charge is 0.251 e. The molecule has 0 radical (unpaired) electrons. The summed E-state index contributed by atoms with van der Waals surface area (Å²) in [6.07, 6.45) is 0. The van der Waals surface area contributed by atoms with Crippen LogP contribution in [0.3, 0.4) is 0 Å². The van der Waals surface area contributed by atoms with E-state index in [1.54, 1.807) is 36.4 Å². The van der Waals surface area contributed by atoms with Crippen molar-refractivity contribution in [1.29, 1.82) is 0 Å². The standard InChI is InChI=1S/C22H24FN3O2/c1-25-12-17-13-26(14-19(17)21(25)16-8-5-9-18(23)10-16)20(27)11-24-22(28)15-6-3-2-4-7-15/h2-10,17,19,21H,11-14H2,1H3,(H,24,28)/t17-,19+,21-/m0/s1. The Balaban J connectivity index is 1.38. The molecule has 2 saturated heterocycles. The minimum atomic E-state index is -0.245. The van der Waals surface area contributed by atoms with E-state index in [1.807, 2.05) is 17.0 Å². The highest BCUT2D eigenvalue weighted by Crippen LogP contribution is 2.44. The van der Waals surface area contributed by atoms with Gasteiger partial charge in [-0.05, 0) is 42.8 Å². The molecule has 4 rings (SSSR count). The maximum absolute atomic E-state index is 13.7. The number of carbonyl (C=O) groups is 2. The minimum absolute atomic E-state index is 0.00631. The van der Waals surface area contributed by atoms with E-state index in [1.165, 1.54) is 6.07 Å². The number of halogens is 1. The topological polar surface area (TPSA) is 52.6 Å². The Morgan fingerprint density at radius 2 is 1.86 bits per heavy atom. The molecule has 2 aromatic rings. The number of nitrogens with zero attached hydrogens (tertiary/aromatic N) is 2. The Hall–Kier alpha value is -2.73. The van der Waals surface area contributed by atoms with Gasteiger partial charge in [0.2, 0.25) is 5.91 Å². The minimum Gasteiger partial charge on any atom is -0.343 e. The summed E-state index contributed by atoms with van der Waals surface area (Å²) in [5.74, 6) is 0.0987. The lowest BCUT2D eigenvalue weighted by Gasteiger charge is -2.27. The van der Waals surface area contributed by atoms with Crippen LogP contribution in [0.25, 0.3) is 0 Å². The third kappa shape index (κ3) is 3.64. The fourth-order valence-corrected chi connectivity index (χ4v) is 4.61. The summed E-state index contributed by atoms with van der Waals surface area (Å²) < 4.78 is 13.7. The van der Waals surface area contributed by atoms with Crippen LogP contribution in [-0.2, 0) is 4.79 Å². The van der Waals surface area contributed by atoms with Crippen LogP contribution >= 0.6 is 0 Å². The number of carbonyl (C=O) groups excluding carboxylic acids is 2. The number of nitrogens with one attached hydrogen (secondary N) is 1. The van der Waals surface area contributed by atoms with Crippen molar-refractivity contribution in [3.63, 3.8) is 0 Å². The molecule has 0 bridgehead atoms. The molecule has 2 amide bonds. The van der Waals surface area contributed by atoms with Gasteiger partial charge in [0.25, 0.3) is 5.91 Å². The number of fused-ring (bicyclic) bond motifs is 1. The molecule has 5 nitrogen and oxygen atoms in total. The van der Waals surface area contributed by atoms with E-state index in [4.69, 9.17) is 0 Å². The van der Waals surface area contributed by atoms with Crippen LogP contribution in [0.1, 0.15) is 22.0 Å². The number of amides is 2. The summed E-state index contributed by atoms with van der Waals surface area (Å²) >= 11 is 0. The molecule has 28 heavy (non-hydrogen) atoms. The van der Waals surface area contributed by atoms with E-state index in [2.05, 4.69) is 17.3 Å². The van der Waals surface area contributed by atoms with Crippen LogP contribution in [-0.4, -0.2) is 54.8 Å². The van der Waals surface area contributed by atoms with Crippen molar-refractivity contribution in [2.24, 2.45) is 11.8 Å². The summed E-state index contributed by atoms with van der Waals surface area (Å²) in [7, 11) is 2.06. The van der Waals surface area contributed by atoms with Crippen molar-refractivity contribution in [3.8, 4) is 0 Å². The average molecular weight is 381 g/mol. The molecule has 0 aromatic heterocycles. The van der Waals surface area contributed by atoms with E-state index in [0.29, 0.717) is 24.6 Å². The van der Waals surface area contributed by atoms with Gasteiger partial charge in [-0.3, -0.25) is 14.5 Å². The second-order valence-electron chi connectivity index (χ2n) is 7.71. The lowest BCUT2D eigenvalue weighted by atomic mass is 9.89. The van der Waals surface area contributed by atoms with Gasteiger partial charge in [-0.15, -0.1) is 0 Å². The zero-order chi connectivity index (χ0) is 19.7. The van der Waals surface area contributed by atoms with Crippen molar-refractivity contribution in [2.45, 2.75) is 6.04 Å². The fraction of sp³-hybridized carbons (Fsp3) is 0.364. The first-order valence-corrected chi connectivity index (χ1v) is 9.59. The van der Waals surface area contributed by atoms with E-state index < -0.39 is 0 Å². The molecule has 0 spiro atoms. The van der Waals surface area contributed by atoms with Crippen LogP contribution in [0.5, 0.6) is 0 Å². The summed E-state index contributed by atoms with van der Waals surface area (Å²) in [4.78, 5) is 28.9. The Morgan fingerprint density at radius 3 is 2.61 bits per heavy atom. The molecule has 0 unspecified atom stereocenters. The van der Waals surface area contributed by atoms with Gasteiger partial charge in [-0.25, -0.2) is 4.39 Å². The number of hydrogen-bond acceptors (Lipinski definition) is 3. The number of likely N-dealkylation sites (tertiary alicyclic amines) is 2. The maximum Gasteiger partial charge on any atom is 0.251 e. The Bertz CT molecular complexity index is 873. The molecule has 0 saturated carbocycles. The van der Waals surface area contributed by atoms with E-state index in [0.717, 1.165) is 12.1 Å². The monoisotopic (exact) mass is 381 g/mol. The van der Waals surface area contributed by atoms with E-state index in [9.17, 15) is 14.0 Å². The Kier molecular flexibility index (Phi) is 5.13. The summed E-state index contributed by atoms with van der Waals surface area (Å²) in [5, 5.41) is 2.71. The lowest BCUT2D eigenvalue weighted by Crippen LogP contribution is -2.40. The molecule has 3 atom stereocenters. The molecular formula is C22H24FN3O2. The van der Waals surface area contributed by atoms with Gasteiger partial charge in [-0.2, -0.15) is 0 Å². The van der Waals surface area contributed by atoms with Crippen molar-refractivity contribution in [3.05, 3.63) is 71.5 Å². The zero-order valence-corrected chi connectivity index (χ0v) is 15.8. The van der Waals surface area contributed by atoms with Gasteiger partial charge in [0.1, 0.15) is 5.82 Å². The normalized spacial score (nSPS) is 24.2. The fourth-order valence-electron chi connectivity index (χ4n) is 4.61. The molecule has 2 heterocycles. The molecular weight excluding hydrogens is 357 g/mol. The third-order valence-electron chi connectivity index (χ3n) is 5.87. The molecule has 2 fully saturated rings. The third-order valence-corrected chi connectivity index (χ3v) is 5.87. The SMILES string of the molecule is CN1C[C@H]2CN(C(=O)CNC(=O)c3ccccc3)C[C@H]2[C@@H]1c1cccc(F)c1. The molecule has 1 N–H and O–H groups in total. The predicted octanol–water partition coefficient (Wildman–Crippen LogP) is 2.32. The molecule has 2 aliphatic rings. The van der Waals surface area contributed by atoms with Crippen molar-refractivity contribution < 1.29 is 14.0 Å². The van der Waals surface area contributed by atoms with Gasteiger partial charge in [0, 0.05) is 37.2 Å². The Labute approximate surface area is 164 Å². The molecule has 6 heteroatoms. The molecule has 146 valence electrons. The van der Waals surface area contributed by atoms with Gasteiger partial charge in [0.15, 0.2) is 0 Å². The van der Waals surface area contributed by atoms with Crippen molar-refractivity contribution in [1.82, 2.24) is 15.1 Å². The van der Waals surface area contributed by atoms with Crippen LogP contribution < -0.4 is 5.32 Å². The second kappa shape index (κ2) is 7.72. The van der Waals surface area contributed by atoms with Gasteiger partial charge < -0.3 is 10.2 Å². The summed E-state index contributed by atoms with van der Waals surface area (Å²) in [6.45, 7) is 2.19. The van der Waals surface area contributed by atoms with Crippen molar-refractivity contribution >= 4 is 11.8 Å². The highest BCUT2D eigenvalue weighted by Gasteiger charge is 2.47. The lowest BCUT2D eigenvalue weighted by molar-refractivity contribution is -0.129. The van der Waals surface area contributed by atoms with E-state index in [-0.39, 0.29) is 36.1 Å². The number of hydrogen-bond donors (Lipinski definition) is 1. The zero-order valence-electron chi connectivity index (χ0n) is 15.8. The highest BCUT2D eigenvalue weighted by atomic mass is 19.1. The quantitative estimate of drug-likeness (QED) is 0.884. The first kappa shape index (κ1) is 18.6. The Morgan fingerprint density at radius 1 is 1.07 bits per heavy atom. The summed E-state index contributed by atoms with van der Waals surface area (Å²) in [5.41, 5.74) is 1.50. The first-order valence-electron chi connectivity index (χ1n) is 9.59. The average Bonchev–Trinajstić information content (AvgIpc) is 3.23. The predicted molar refractivity (Wildman–Crippen MR) is 104 cm³/mol. The van der Waals surface area contributed by atoms with Crippen molar-refractivity contribution in [2.75, 3.05) is 33.2 Å². The second-order valence-corrected chi connectivity index (χ2v) is 7.71.